The van der Waals surface area contributed by atoms with E-state index in [-0.39, 0.29) is 48.4 Å². The van der Waals surface area contributed by atoms with Crippen molar-refractivity contribution >= 4 is 33.6 Å². The second-order valence-electron chi connectivity index (χ2n) is 12.1. The lowest BCUT2D eigenvalue weighted by atomic mass is 9.99. The lowest BCUT2D eigenvalue weighted by Crippen LogP contribution is -2.51. The number of amides is 4. The van der Waals surface area contributed by atoms with Gasteiger partial charge in [-0.1, -0.05) is 18.2 Å². The van der Waals surface area contributed by atoms with Gasteiger partial charge in [-0.25, -0.2) is 22.7 Å². The number of carbonyl (C=O) groups is 3. The molecule has 4 bridgehead atoms. The Morgan fingerprint density at radius 2 is 1.73 bits per heavy atom. The molecule has 6 rings (SSSR count). The second kappa shape index (κ2) is 13.9. The molecule has 2 saturated heterocycles. The number of ether oxygens (including phenoxy) is 2. The summed E-state index contributed by atoms with van der Waals surface area (Å²) in [4.78, 5) is 41.8. The number of nitrogens with one attached hydrogen (secondary N) is 3. The van der Waals surface area contributed by atoms with Crippen LogP contribution in [0.4, 0.5) is 14.9 Å². The summed E-state index contributed by atoms with van der Waals surface area (Å²) in [5.41, 5.74) is 1.88. The lowest BCUT2D eigenvalue weighted by molar-refractivity contribution is -0.133. The van der Waals surface area contributed by atoms with E-state index in [0.29, 0.717) is 36.1 Å². The summed E-state index contributed by atoms with van der Waals surface area (Å²) in [6, 6.07) is 14.0. The number of aliphatic hydroxyl groups is 1. The molecular weight excluding hydrogens is 645 g/mol. The Bertz CT molecular complexity index is 1790. The number of nitrogens with zero attached hydrogens (tertiary/aromatic N) is 1. The fraction of sp³-hybridized carbons (Fsp3) is 0.364. The van der Waals surface area contributed by atoms with Crippen molar-refractivity contribution in [1.82, 2.24) is 15.5 Å². The summed E-state index contributed by atoms with van der Waals surface area (Å²) in [6.07, 6.45) is -0.148. The zero-order chi connectivity index (χ0) is 34.0. The second-order valence-corrected chi connectivity index (χ2v) is 13.7. The van der Waals surface area contributed by atoms with Crippen LogP contribution in [0.3, 0.4) is 0 Å². The van der Waals surface area contributed by atoms with Gasteiger partial charge in [0.2, 0.25) is 15.9 Å². The van der Waals surface area contributed by atoms with Gasteiger partial charge in [-0.05, 0) is 78.9 Å². The highest BCUT2D eigenvalue weighted by atomic mass is 32.2. The first kappa shape index (κ1) is 33.3. The summed E-state index contributed by atoms with van der Waals surface area (Å²) >= 11 is 0. The Labute approximate surface area is 276 Å². The molecule has 0 aromatic heterocycles. The number of nitrogens with two attached hydrogens (primary N) is 1. The maximum absolute atomic E-state index is 13.7. The van der Waals surface area contributed by atoms with Crippen LogP contribution >= 0.6 is 0 Å². The highest BCUT2D eigenvalue weighted by Gasteiger charge is 2.41. The van der Waals surface area contributed by atoms with Gasteiger partial charge in [-0.15, -0.1) is 0 Å². The van der Waals surface area contributed by atoms with Gasteiger partial charge in [0.1, 0.15) is 23.7 Å². The molecule has 0 aliphatic carbocycles. The molecule has 13 nitrogen and oxygen atoms in total. The van der Waals surface area contributed by atoms with Crippen LogP contribution in [0.25, 0.3) is 11.1 Å². The average Bonchev–Trinajstić information content (AvgIpc) is 3.49. The number of likely N-dealkylation sites (tertiary alicyclic amines) is 1. The molecule has 3 aromatic carbocycles. The predicted molar refractivity (Wildman–Crippen MR) is 172 cm³/mol. The number of hydrogen-bond acceptors (Lipinski definition) is 8. The molecule has 3 aliphatic heterocycles. The Morgan fingerprint density at radius 3 is 2.46 bits per heavy atom. The van der Waals surface area contributed by atoms with Crippen LogP contribution in [0.1, 0.15) is 36.0 Å². The van der Waals surface area contributed by atoms with E-state index in [9.17, 15) is 32.3 Å². The van der Waals surface area contributed by atoms with E-state index in [4.69, 9.17) is 14.6 Å². The third-order valence-electron chi connectivity index (χ3n) is 8.79. The lowest BCUT2D eigenvalue weighted by Gasteiger charge is -2.34. The first-order valence-corrected chi connectivity index (χ1v) is 17.1. The van der Waals surface area contributed by atoms with Crippen LogP contribution in [0.15, 0.2) is 71.6 Å². The minimum Gasteiger partial charge on any atom is -0.493 e. The summed E-state index contributed by atoms with van der Waals surface area (Å²) in [6.45, 7) is 0.220. The first-order chi connectivity index (χ1) is 22.9. The molecule has 3 heterocycles. The Morgan fingerprint density at radius 1 is 1.00 bits per heavy atom. The van der Waals surface area contributed by atoms with Crippen LogP contribution < -0.4 is 25.8 Å². The number of fused-ring (bicyclic) bond motifs is 5. The number of hydrogen-bond donors (Lipinski definition) is 5. The van der Waals surface area contributed by atoms with Gasteiger partial charge in [-0.2, -0.15) is 0 Å². The molecule has 15 heteroatoms. The number of urea groups is 1. The van der Waals surface area contributed by atoms with Crippen molar-refractivity contribution in [3.8, 4) is 16.9 Å². The maximum atomic E-state index is 13.7. The van der Waals surface area contributed by atoms with E-state index in [1.165, 1.54) is 41.3 Å². The molecule has 0 saturated carbocycles. The molecule has 2 fully saturated rings. The summed E-state index contributed by atoms with van der Waals surface area (Å²) < 4.78 is 49.2. The summed E-state index contributed by atoms with van der Waals surface area (Å²) in [7, 11) is -3.87. The molecule has 0 spiro atoms. The Hall–Kier alpha value is -4.57. The quantitative estimate of drug-likeness (QED) is 0.279. The minimum atomic E-state index is -3.87. The average molecular weight is 682 g/mol. The zero-order valence-electron chi connectivity index (χ0n) is 25.8. The molecule has 5 atom stereocenters. The number of anilines is 1. The van der Waals surface area contributed by atoms with Gasteiger partial charge in [0.15, 0.2) is 0 Å². The molecule has 3 aliphatic rings. The van der Waals surface area contributed by atoms with Crippen LogP contribution in [0, 0.1) is 5.82 Å². The molecular formula is C33H36FN5O8S. The Kier molecular flexibility index (Phi) is 9.64. The van der Waals surface area contributed by atoms with Gasteiger partial charge in [0.05, 0.1) is 29.3 Å². The van der Waals surface area contributed by atoms with Gasteiger partial charge in [0.25, 0.3) is 5.91 Å². The van der Waals surface area contributed by atoms with Crippen molar-refractivity contribution in [2.24, 2.45) is 5.14 Å². The number of benzene rings is 3. The van der Waals surface area contributed by atoms with Crippen molar-refractivity contribution < 1.29 is 41.8 Å². The minimum absolute atomic E-state index is 0.00611. The van der Waals surface area contributed by atoms with Gasteiger partial charge in [0, 0.05) is 31.2 Å². The van der Waals surface area contributed by atoms with Gasteiger partial charge >= 0.3 is 6.03 Å². The monoisotopic (exact) mass is 681 g/mol. The van der Waals surface area contributed by atoms with Crippen molar-refractivity contribution in [2.75, 3.05) is 25.0 Å². The zero-order valence-corrected chi connectivity index (χ0v) is 26.6. The van der Waals surface area contributed by atoms with Gasteiger partial charge < -0.3 is 35.4 Å². The Balaban J connectivity index is 1.29. The SMILES string of the molecule is NS(=O)(=O)c1ccc(-c2ccc3c(c2)OCC[C@@H]2CC[C@H](O)[C@@H](CNC(=O)[C@@H]4C[C@@H](CN4C(=O)Nc4ccc(F)cc4)NC3=O)O2)cc1. The standard InChI is InChI=1S/C33H36FN5O8S/c34-21-4-6-22(7-5-21)38-33(43)39-18-23-16-27(39)32(42)36-17-30-28(40)12-8-24(47-30)13-14-46-29-15-20(3-11-26(29)31(41)37-23)19-1-9-25(10-2-19)48(35,44)45/h1-7,9-11,15,23-24,27-28,30,40H,8,12-14,16-18H2,(H,36,42)(H,37,41)(H,38,43)(H2,35,44,45)/t23-,24-,27-,28-,30+/m0/s1. The smallest absolute Gasteiger partial charge is 0.322 e. The van der Waals surface area contributed by atoms with E-state index < -0.39 is 58.0 Å². The molecule has 0 radical (unpaired) electrons. The van der Waals surface area contributed by atoms with E-state index in [2.05, 4.69) is 16.0 Å². The topological polar surface area (TPSA) is 189 Å². The van der Waals surface area contributed by atoms with E-state index in [1.54, 1.807) is 30.3 Å². The number of sulfonamides is 1. The van der Waals surface area contributed by atoms with E-state index >= 15 is 0 Å². The number of rotatable bonds is 3. The first-order valence-electron chi connectivity index (χ1n) is 15.6. The van der Waals surface area contributed by atoms with Crippen molar-refractivity contribution in [3.63, 3.8) is 0 Å². The fourth-order valence-electron chi connectivity index (χ4n) is 6.22. The van der Waals surface area contributed by atoms with Crippen LogP contribution in [-0.2, 0) is 19.6 Å². The number of aliphatic hydroxyl groups excluding tert-OH is 1. The van der Waals surface area contributed by atoms with Crippen molar-refractivity contribution in [2.45, 2.75) is 61.0 Å². The van der Waals surface area contributed by atoms with E-state index in [0.717, 1.165) is 0 Å². The van der Waals surface area contributed by atoms with Crippen LogP contribution in [-0.4, -0.2) is 86.4 Å². The molecule has 0 unspecified atom stereocenters. The highest BCUT2D eigenvalue weighted by molar-refractivity contribution is 7.89. The van der Waals surface area contributed by atoms with Crippen molar-refractivity contribution in [3.05, 3.63) is 78.1 Å². The summed E-state index contributed by atoms with van der Waals surface area (Å²) in [5, 5.41) is 24.3. The van der Waals surface area contributed by atoms with Gasteiger partial charge in [-0.3, -0.25) is 9.59 Å². The number of primary sulfonamides is 1. The van der Waals surface area contributed by atoms with Crippen molar-refractivity contribution in [1.29, 1.82) is 0 Å². The molecule has 254 valence electrons. The number of halogens is 1. The summed E-state index contributed by atoms with van der Waals surface area (Å²) in [5.74, 6) is -1.13. The largest absolute Gasteiger partial charge is 0.493 e. The normalized spacial score (nSPS) is 24.9. The number of carbonyl (C=O) groups excluding carboxylic acids is 3. The maximum Gasteiger partial charge on any atom is 0.322 e. The fourth-order valence-corrected chi connectivity index (χ4v) is 6.73. The predicted octanol–water partition coefficient (Wildman–Crippen LogP) is 2.35. The third kappa shape index (κ3) is 7.59. The highest BCUT2D eigenvalue weighted by Crippen LogP contribution is 2.30. The molecule has 48 heavy (non-hydrogen) atoms. The van der Waals surface area contributed by atoms with Crippen LogP contribution in [0.2, 0.25) is 0 Å². The molecule has 3 aromatic rings. The van der Waals surface area contributed by atoms with Crippen LogP contribution in [0.5, 0.6) is 5.75 Å². The third-order valence-corrected chi connectivity index (χ3v) is 9.72. The molecule has 4 amide bonds. The van der Waals surface area contributed by atoms with E-state index in [1.807, 2.05) is 0 Å². The molecule has 6 N–H and O–H groups in total.